The summed E-state index contributed by atoms with van der Waals surface area (Å²) in [6, 6.07) is 5.85. The molecule has 3 N–H and O–H groups in total. The van der Waals surface area contributed by atoms with Crippen LogP contribution in [0.25, 0.3) is 0 Å². The molecule has 1 aromatic rings. The molecule has 1 aliphatic rings. The van der Waals surface area contributed by atoms with Gasteiger partial charge in [-0.2, -0.15) is 0 Å². The van der Waals surface area contributed by atoms with Gasteiger partial charge in [0.2, 0.25) is 5.91 Å². The Balaban J connectivity index is 2.38. The van der Waals surface area contributed by atoms with E-state index in [1.807, 2.05) is 25.1 Å². The third-order valence-electron chi connectivity index (χ3n) is 2.77. The minimum Gasteiger partial charge on any atom is -0.376 e. The molecular formula is C12H15N3OS. The Morgan fingerprint density at radius 1 is 1.53 bits per heavy atom. The first kappa shape index (κ1) is 11.9. The van der Waals surface area contributed by atoms with E-state index in [1.165, 1.54) is 0 Å². The number of nitrogens with zero attached hydrogens (tertiary/aromatic N) is 1. The van der Waals surface area contributed by atoms with Crippen LogP contribution in [-0.4, -0.2) is 17.6 Å². The SMILES string of the molecule is Cc1ccc(N2CCCC2=O)c(NC(N)=S)c1. The number of carbonyl (C=O) groups is 1. The Labute approximate surface area is 106 Å². The van der Waals surface area contributed by atoms with Crippen molar-refractivity contribution in [2.24, 2.45) is 5.73 Å². The molecule has 1 aromatic carbocycles. The molecule has 0 saturated carbocycles. The zero-order valence-electron chi connectivity index (χ0n) is 9.69. The van der Waals surface area contributed by atoms with Crippen molar-refractivity contribution in [2.45, 2.75) is 19.8 Å². The molecule has 2 rings (SSSR count). The molecule has 1 saturated heterocycles. The normalized spacial score (nSPS) is 15.1. The second-order valence-corrected chi connectivity index (χ2v) is 4.60. The van der Waals surface area contributed by atoms with Crippen LogP contribution in [0.15, 0.2) is 18.2 Å². The first-order valence-electron chi connectivity index (χ1n) is 5.55. The summed E-state index contributed by atoms with van der Waals surface area (Å²) < 4.78 is 0. The first-order chi connectivity index (χ1) is 8.08. The molecule has 1 fully saturated rings. The maximum Gasteiger partial charge on any atom is 0.227 e. The van der Waals surface area contributed by atoms with E-state index in [2.05, 4.69) is 5.32 Å². The van der Waals surface area contributed by atoms with Gasteiger partial charge in [-0.15, -0.1) is 0 Å². The van der Waals surface area contributed by atoms with Crippen molar-refractivity contribution in [2.75, 3.05) is 16.8 Å². The number of aryl methyl sites for hydroxylation is 1. The Morgan fingerprint density at radius 2 is 2.29 bits per heavy atom. The molecule has 0 radical (unpaired) electrons. The number of hydrogen-bond donors (Lipinski definition) is 2. The highest BCUT2D eigenvalue weighted by molar-refractivity contribution is 7.80. The molecule has 5 heteroatoms. The van der Waals surface area contributed by atoms with Gasteiger partial charge in [0.1, 0.15) is 0 Å². The van der Waals surface area contributed by atoms with E-state index in [0.29, 0.717) is 6.42 Å². The average molecular weight is 249 g/mol. The highest BCUT2D eigenvalue weighted by Crippen LogP contribution is 2.30. The Bertz CT molecular complexity index is 473. The number of hydrogen-bond acceptors (Lipinski definition) is 2. The van der Waals surface area contributed by atoms with Crippen LogP contribution in [0.5, 0.6) is 0 Å². The third-order valence-corrected chi connectivity index (χ3v) is 2.88. The standard InChI is InChI=1S/C12H15N3OS/c1-8-4-5-10(9(7-8)14-12(13)17)15-6-2-3-11(15)16/h4-5,7H,2-3,6H2,1H3,(H3,13,14,17). The number of nitrogens with one attached hydrogen (secondary N) is 1. The molecule has 0 aromatic heterocycles. The summed E-state index contributed by atoms with van der Waals surface area (Å²) in [5.41, 5.74) is 8.24. The van der Waals surface area contributed by atoms with Gasteiger partial charge in [-0.1, -0.05) is 6.07 Å². The Morgan fingerprint density at radius 3 is 2.88 bits per heavy atom. The number of carbonyl (C=O) groups excluding carboxylic acids is 1. The summed E-state index contributed by atoms with van der Waals surface area (Å²) >= 11 is 4.85. The lowest BCUT2D eigenvalue weighted by Gasteiger charge is -2.20. The summed E-state index contributed by atoms with van der Waals surface area (Å²) in [5, 5.41) is 3.14. The highest BCUT2D eigenvalue weighted by atomic mass is 32.1. The summed E-state index contributed by atoms with van der Waals surface area (Å²) in [7, 11) is 0. The molecule has 4 nitrogen and oxygen atoms in total. The van der Waals surface area contributed by atoms with Crippen LogP contribution in [0.3, 0.4) is 0 Å². The van der Waals surface area contributed by atoms with Crippen LogP contribution in [0.1, 0.15) is 18.4 Å². The highest BCUT2D eigenvalue weighted by Gasteiger charge is 2.23. The smallest absolute Gasteiger partial charge is 0.227 e. The van der Waals surface area contributed by atoms with Crippen molar-refractivity contribution in [1.82, 2.24) is 0 Å². The fourth-order valence-corrected chi connectivity index (χ4v) is 2.13. The monoisotopic (exact) mass is 249 g/mol. The molecule has 17 heavy (non-hydrogen) atoms. The summed E-state index contributed by atoms with van der Waals surface area (Å²) in [4.78, 5) is 13.5. The second-order valence-electron chi connectivity index (χ2n) is 4.16. The summed E-state index contributed by atoms with van der Waals surface area (Å²) in [6.07, 6.45) is 1.51. The van der Waals surface area contributed by atoms with E-state index < -0.39 is 0 Å². The molecule has 1 heterocycles. The maximum atomic E-state index is 11.7. The number of anilines is 2. The van der Waals surface area contributed by atoms with Crippen LogP contribution in [0, 0.1) is 6.92 Å². The lowest BCUT2D eigenvalue weighted by molar-refractivity contribution is -0.117. The van der Waals surface area contributed by atoms with Crippen molar-refractivity contribution in [3.8, 4) is 0 Å². The number of benzene rings is 1. The van der Waals surface area contributed by atoms with Gasteiger partial charge < -0.3 is 16.0 Å². The van der Waals surface area contributed by atoms with E-state index in [9.17, 15) is 4.79 Å². The molecule has 1 amide bonds. The zero-order valence-corrected chi connectivity index (χ0v) is 10.5. The Hall–Kier alpha value is -1.62. The second kappa shape index (κ2) is 4.71. The van der Waals surface area contributed by atoms with Gasteiger partial charge in [-0.05, 0) is 43.3 Å². The topological polar surface area (TPSA) is 58.4 Å². The quantitative estimate of drug-likeness (QED) is 0.784. The van der Waals surface area contributed by atoms with Gasteiger partial charge in [0.05, 0.1) is 11.4 Å². The number of nitrogens with two attached hydrogens (primary N) is 1. The number of rotatable bonds is 2. The van der Waals surface area contributed by atoms with Crippen molar-refractivity contribution < 1.29 is 4.79 Å². The van der Waals surface area contributed by atoms with Crippen LogP contribution in [0.2, 0.25) is 0 Å². The van der Waals surface area contributed by atoms with Gasteiger partial charge in [-0.3, -0.25) is 4.79 Å². The van der Waals surface area contributed by atoms with E-state index in [1.54, 1.807) is 4.90 Å². The van der Waals surface area contributed by atoms with Crippen LogP contribution >= 0.6 is 12.2 Å². The van der Waals surface area contributed by atoms with Crippen molar-refractivity contribution >= 4 is 34.6 Å². The molecule has 0 aliphatic carbocycles. The van der Waals surface area contributed by atoms with Crippen molar-refractivity contribution in [3.05, 3.63) is 23.8 Å². The van der Waals surface area contributed by atoms with Crippen LogP contribution < -0.4 is 16.0 Å². The summed E-state index contributed by atoms with van der Waals surface area (Å²) in [6.45, 7) is 2.74. The van der Waals surface area contributed by atoms with E-state index in [4.69, 9.17) is 18.0 Å². The van der Waals surface area contributed by atoms with Gasteiger partial charge in [0.25, 0.3) is 0 Å². The predicted octanol–water partition coefficient (Wildman–Crippen LogP) is 1.78. The minimum absolute atomic E-state index is 0.153. The van der Waals surface area contributed by atoms with Gasteiger partial charge >= 0.3 is 0 Å². The molecular weight excluding hydrogens is 234 g/mol. The zero-order chi connectivity index (χ0) is 12.4. The van der Waals surface area contributed by atoms with E-state index in [0.717, 1.165) is 29.9 Å². The lowest BCUT2D eigenvalue weighted by atomic mass is 10.1. The first-order valence-corrected chi connectivity index (χ1v) is 5.96. The predicted molar refractivity (Wildman–Crippen MR) is 73.2 cm³/mol. The lowest BCUT2D eigenvalue weighted by Crippen LogP contribution is -2.27. The summed E-state index contributed by atoms with van der Waals surface area (Å²) in [5.74, 6) is 0.153. The molecule has 0 bridgehead atoms. The molecule has 1 aliphatic heterocycles. The van der Waals surface area contributed by atoms with Crippen molar-refractivity contribution in [3.63, 3.8) is 0 Å². The van der Waals surface area contributed by atoms with Gasteiger partial charge in [0.15, 0.2) is 5.11 Å². The minimum atomic E-state index is 0.153. The Kier molecular flexibility index (Phi) is 3.28. The van der Waals surface area contributed by atoms with E-state index >= 15 is 0 Å². The number of amides is 1. The molecule has 90 valence electrons. The number of thiocarbonyl (C=S) groups is 1. The fraction of sp³-hybridized carbons (Fsp3) is 0.333. The van der Waals surface area contributed by atoms with Crippen molar-refractivity contribution in [1.29, 1.82) is 0 Å². The average Bonchev–Trinajstić information content (AvgIpc) is 2.64. The molecule has 0 spiro atoms. The van der Waals surface area contributed by atoms with Crippen LogP contribution in [-0.2, 0) is 4.79 Å². The van der Waals surface area contributed by atoms with Gasteiger partial charge in [0, 0.05) is 13.0 Å². The largest absolute Gasteiger partial charge is 0.376 e. The molecule has 0 atom stereocenters. The third kappa shape index (κ3) is 2.55. The molecule has 0 unspecified atom stereocenters. The van der Waals surface area contributed by atoms with E-state index in [-0.39, 0.29) is 11.0 Å². The van der Waals surface area contributed by atoms with Gasteiger partial charge in [-0.25, -0.2) is 0 Å². The maximum absolute atomic E-state index is 11.7. The van der Waals surface area contributed by atoms with Crippen LogP contribution in [0.4, 0.5) is 11.4 Å². The fourth-order valence-electron chi connectivity index (χ4n) is 2.02.